The molecule has 1 rings (SSSR count). The van der Waals surface area contributed by atoms with Crippen LogP contribution in [0, 0.1) is 0 Å². The Hall–Kier alpha value is -0.910. The lowest BCUT2D eigenvalue weighted by atomic mass is 10.1. The summed E-state index contributed by atoms with van der Waals surface area (Å²) >= 11 is 0. The van der Waals surface area contributed by atoms with Gasteiger partial charge in [-0.2, -0.15) is 0 Å². The van der Waals surface area contributed by atoms with E-state index in [0.717, 1.165) is 19.3 Å². The Morgan fingerprint density at radius 2 is 1.90 bits per heavy atom. The molecule has 1 aromatic carbocycles. The van der Waals surface area contributed by atoms with E-state index in [4.69, 9.17) is 0 Å². The molecular formula is C15H25NO3S. The third-order valence-corrected chi connectivity index (χ3v) is 4.97. The van der Waals surface area contributed by atoms with E-state index in [0.29, 0.717) is 5.56 Å². The van der Waals surface area contributed by atoms with E-state index in [9.17, 15) is 13.5 Å². The highest BCUT2D eigenvalue weighted by molar-refractivity contribution is 7.89. The fourth-order valence-corrected chi connectivity index (χ4v) is 3.67. The zero-order valence-electron chi connectivity index (χ0n) is 12.3. The first-order chi connectivity index (χ1) is 9.51. The van der Waals surface area contributed by atoms with Crippen molar-refractivity contribution in [3.8, 4) is 0 Å². The first-order valence-electron chi connectivity index (χ1n) is 7.22. The van der Waals surface area contributed by atoms with Gasteiger partial charge in [-0.15, -0.1) is 0 Å². The Morgan fingerprint density at radius 3 is 2.55 bits per heavy atom. The molecule has 0 heterocycles. The third-order valence-electron chi connectivity index (χ3n) is 3.28. The molecule has 0 radical (unpaired) electrons. The van der Waals surface area contributed by atoms with Gasteiger partial charge in [0.25, 0.3) is 0 Å². The van der Waals surface area contributed by atoms with Crippen molar-refractivity contribution in [1.29, 1.82) is 0 Å². The molecule has 0 fully saturated rings. The maximum absolute atomic E-state index is 12.3. The Bertz CT molecular complexity index is 500. The van der Waals surface area contributed by atoms with Crippen LogP contribution in [0.5, 0.6) is 0 Å². The van der Waals surface area contributed by atoms with Crippen molar-refractivity contribution in [3.05, 3.63) is 29.8 Å². The molecule has 4 nitrogen and oxygen atoms in total. The lowest BCUT2D eigenvalue weighted by molar-refractivity contribution is 0.278. The topological polar surface area (TPSA) is 66.4 Å². The van der Waals surface area contributed by atoms with E-state index in [1.165, 1.54) is 18.9 Å². The number of rotatable bonds is 9. The Labute approximate surface area is 122 Å². The van der Waals surface area contributed by atoms with E-state index in [2.05, 4.69) is 11.6 Å². The minimum Gasteiger partial charge on any atom is -0.392 e. The maximum Gasteiger partial charge on any atom is 0.241 e. The third kappa shape index (κ3) is 5.23. The van der Waals surface area contributed by atoms with Crippen molar-refractivity contribution in [2.75, 3.05) is 0 Å². The van der Waals surface area contributed by atoms with Crippen molar-refractivity contribution < 1.29 is 13.5 Å². The molecule has 0 aromatic heterocycles. The number of sulfonamides is 1. The van der Waals surface area contributed by atoms with Gasteiger partial charge in [0.1, 0.15) is 0 Å². The highest BCUT2D eigenvalue weighted by atomic mass is 32.2. The van der Waals surface area contributed by atoms with Crippen LogP contribution in [0.3, 0.4) is 0 Å². The first-order valence-corrected chi connectivity index (χ1v) is 8.70. The monoisotopic (exact) mass is 299 g/mol. The lowest BCUT2D eigenvalue weighted by Gasteiger charge is -2.15. The second kappa shape index (κ2) is 8.39. The van der Waals surface area contributed by atoms with Crippen LogP contribution in [0.1, 0.15) is 51.5 Å². The number of nitrogens with one attached hydrogen (secondary N) is 1. The van der Waals surface area contributed by atoms with Crippen LogP contribution in [-0.2, 0) is 16.6 Å². The van der Waals surface area contributed by atoms with Crippen molar-refractivity contribution in [2.45, 2.75) is 63.5 Å². The summed E-state index contributed by atoms with van der Waals surface area (Å²) in [4.78, 5) is 0.169. The van der Waals surface area contributed by atoms with Gasteiger partial charge in [-0.1, -0.05) is 50.8 Å². The average molecular weight is 299 g/mol. The Balaban J connectivity index is 2.65. The number of hydrogen-bond donors (Lipinski definition) is 2. The molecule has 1 unspecified atom stereocenters. The minimum atomic E-state index is -3.55. The molecule has 0 amide bonds. The molecule has 0 aliphatic carbocycles. The molecule has 1 atom stereocenters. The summed E-state index contributed by atoms with van der Waals surface area (Å²) in [6, 6.07) is 6.44. The molecule has 0 spiro atoms. The van der Waals surface area contributed by atoms with Crippen LogP contribution in [-0.4, -0.2) is 19.6 Å². The van der Waals surface area contributed by atoms with E-state index < -0.39 is 10.0 Å². The van der Waals surface area contributed by atoms with Crippen molar-refractivity contribution in [2.24, 2.45) is 0 Å². The zero-order chi connectivity index (χ0) is 15.0. The fraction of sp³-hybridized carbons (Fsp3) is 0.600. The zero-order valence-corrected chi connectivity index (χ0v) is 13.1. The van der Waals surface area contributed by atoms with Gasteiger partial charge in [0.05, 0.1) is 11.5 Å². The molecular weight excluding hydrogens is 274 g/mol. The summed E-state index contributed by atoms with van der Waals surface area (Å²) in [6.07, 6.45) is 5.35. The summed E-state index contributed by atoms with van der Waals surface area (Å²) < 4.78 is 27.3. The summed E-state index contributed by atoms with van der Waals surface area (Å²) in [5.41, 5.74) is 0.429. The predicted molar refractivity (Wildman–Crippen MR) is 80.9 cm³/mol. The SMILES string of the molecule is CCCCCCC(C)NS(=O)(=O)c1ccccc1CO. The summed E-state index contributed by atoms with van der Waals surface area (Å²) in [6.45, 7) is 3.75. The number of unbranched alkanes of at least 4 members (excludes halogenated alkanes) is 3. The summed E-state index contributed by atoms with van der Waals surface area (Å²) in [7, 11) is -3.55. The van der Waals surface area contributed by atoms with Crippen molar-refractivity contribution >= 4 is 10.0 Å². The van der Waals surface area contributed by atoms with Crippen LogP contribution >= 0.6 is 0 Å². The van der Waals surface area contributed by atoms with E-state index in [1.54, 1.807) is 18.2 Å². The Morgan fingerprint density at radius 1 is 1.20 bits per heavy atom. The summed E-state index contributed by atoms with van der Waals surface area (Å²) in [5, 5.41) is 9.22. The van der Waals surface area contributed by atoms with Gasteiger partial charge in [-0.05, 0) is 25.0 Å². The number of aliphatic hydroxyl groups is 1. The quantitative estimate of drug-likeness (QED) is 0.689. The van der Waals surface area contributed by atoms with Crippen LogP contribution in [0.15, 0.2) is 29.2 Å². The van der Waals surface area contributed by atoms with Crippen LogP contribution in [0.4, 0.5) is 0 Å². The molecule has 0 saturated carbocycles. The van der Waals surface area contributed by atoms with E-state index >= 15 is 0 Å². The fourth-order valence-electron chi connectivity index (χ4n) is 2.16. The second-order valence-electron chi connectivity index (χ2n) is 5.14. The molecule has 2 N–H and O–H groups in total. The highest BCUT2D eigenvalue weighted by Gasteiger charge is 2.19. The molecule has 5 heteroatoms. The normalized spacial score (nSPS) is 13.3. The van der Waals surface area contributed by atoms with Gasteiger partial charge in [0.2, 0.25) is 10.0 Å². The molecule has 0 aliphatic rings. The van der Waals surface area contributed by atoms with Gasteiger partial charge >= 0.3 is 0 Å². The van der Waals surface area contributed by atoms with E-state index in [-0.39, 0.29) is 17.5 Å². The maximum atomic E-state index is 12.3. The largest absolute Gasteiger partial charge is 0.392 e. The number of hydrogen-bond acceptors (Lipinski definition) is 3. The number of benzene rings is 1. The lowest BCUT2D eigenvalue weighted by Crippen LogP contribution is -2.33. The first kappa shape index (κ1) is 17.1. The van der Waals surface area contributed by atoms with Crippen LogP contribution < -0.4 is 4.72 Å². The standard InChI is InChI=1S/C15H25NO3S/c1-3-4-5-6-9-13(2)16-20(18,19)15-11-8-7-10-14(15)12-17/h7-8,10-11,13,16-17H,3-6,9,12H2,1-2H3. The molecule has 20 heavy (non-hydrogen) atoms. The van der Waals surface area contributed by atoms with Crippen molar-refractivity contribution in [1.82, 2.24) is 4.72 Å². The molecule has 114 valence electrons. The molecule has 1 aromatic rings. The van der Waals surface area contributed by atoms with Crippen LogP contribution in [0.25, 0.3) is 0 Å². The minimum absolute atomic E-state index is 0.0939. The van der Waals surface area contributed by atoms with Gasteiger partial charge in [-0.25, -0.2) is 13.1 Å². The van der Waals surface area contributed by atoms with Gasteiger partial charge in [0, 0.05) is 6.04 Å². The smallest absolute Gasteiger partial charge is 0.241 e. The van der Waals surface area contributed by atoms with Crippen molar-refractivity contribution in [3.63, 3.8) is 0 Å². The average Bonchev–Trinajstić information content (AvgIpc) is 2.43. The van der Waals surface area contributed by atoms with Gasteiger partial charge < -0.3 is 5.11 Å². The molecule has 0 saturated heterocycles. The Kier molecular flexibility index (Phi) is 7.19. The van der Waals surface area contributed by atoms with Gasteiger partial charge in [0.15, 0.2) is 0 Å². The predicted octanol–water partition coefficient (Wildman–Crippen LogP) is 2.82. The van der Waals surface area contributed by atoms with Gasteiger partial charge in [-0.3, -0.25) is 0 Å². The van der Waals surface area contributed by atoms with Crippen LogP contribution in [0.2, 0.25) is 0 Å². The molecule has 0 aliphatic heterocycles. The second-order valence-corrected chi connectivity index (χ2v) is 6.82. The number of aliphatic hydroxyl groups excluding tert-OH is 1. The highest BCUT2D eigenvalue weighted by Crippen LogP contribution is 2.16. The summed E-state index contributed by atoms with van der Waals surface area (Å²) in [5.74, 6) is 0. The van der Waals surface area contributed by atoms with E-state index in [1.807, 2.05) is 6.92 Å². The molecule has 0 bridgehead atoms.